The highest BCUT2D eigenvalue weighted by Gasteiger charge is 2.24. The molecule has 1 aromatic rings. The molecule has 0 spiro atoms. The van der Waals surface area contributed by atoms with Gasteiger partial charge < -0.3 is 5.32 Å². The van der Waals surface area contributed by atoms with Crippen LogP contribution in [-0.2, 0) is 19.4 Å². The minimum atomic E-state index is 0.232. The van der Waals surface area contributed by atoms with E-state index in [0.29, 0.717) is 5.92 Å². The van der Waals surface area contributed by atoms with Gasteiger partial charge in [-0.3, -0.25) is 4.68 Å². The van der Waals surface area contributed by atoms with E-state index in [-0.39, 0.29) is 5.41 Å². The summed E-state index contributed by atoms with van der Waals surface area (Å²) in [7, 11) is 0. The molecule has 0 fully saturated rings. The number of hydrogen-bond acceptors (Lipinski definition) is 2. The molecule has 0 saturated carbocycles. The van der Waals surface area contributed by atoms with Crippen LogP contribution >= 0.6 is 15.9 Å². The number of aryl methyl sites for hydroxylation is 2. The van der Waals surface area contributed by atoms with Crippen LogP contribution in [0.4, 0.5) is 0 Å². The molecule has 1 N–H and O–H groups in total. The van der Waals surface area contributed by atoms with Crippen molar-refractivity contribution in [2.24, 2.45) is 11.3 Å². The normalized spacial score (nSPS) is 12.4. The van der Waals surface area contributed by atoms with Gasteiger partial charge in [0, 0.05) is 13.1 Å². The number of nitrogens with zero attached hydrogens (tertiary/aromatic N) is 2. The van der Waals surface area contributed by atoms with Crippen LogP contribution < -0.4 is 5.32 Å². The maximum Gasteiger partial charge on any atom is 0.0766 e. The van der Waals surface area contributed by atoms with Crippen molar-refractivity contribution in [2.75, 3.05) is 13.1 Å². The number of nitrogens with one attached hydrogen (secondary N) is 1. The summed E-state index contributed by atoms with van der Waals surface area (Å²) in [5.41, 5.74) is 2.74. The Morgan fingerprint density at radius 1 is 1.30 bits per heavy atom. The Morgan fingerprint density at radius 2 is 1.95 bits per heavy atom. The van der Waals surface area contributed by atoms with E-state index in [0.717, 1.165) is 32.5 Å². The summed E-state index contributed by atoms with van der Waals surface area (Å²) in [5.74, 6) is 0.699. The zero-order valence-corrected chi connectivity index (χ0v) is 15.5. The summed E-state index contributed by atoms with van der Waals surface area (Å²) < 4.78 is 3.35. The highest BCUT2D eigenvalue weighted by atomic mass is 79.9. The summed E-state index contributed by atoms with van der Waals surface area (Å²) in [6.45, 7) is 16.5. The summed E-state index contributed by atoms with van der Waals surface area (Å²) in [6.07, 6.45) is 2.02. The first-order valence-corrected chi connectivity index (χ1v) is 8.54. The first kappa shape index (κ1) is 17.7. The zero-order chi connectivity index (χ0) is 15.3. The fraction of sp³-hybridized carbons (Fsp3) is 0.812. The average molecular weight is 344 g/mol. The maximum atomic E-state index is 4.69. The third-order valence-electron chi connectivity index (χ3n) is 3.50. The minimum absolute atomic E-state index is 0.232. The lowest BCUT2D eigenvalue weighted by Gasteiger charge is -2.26. The zero-order valence-electron chi connectivity index (χ0n) is 13.9. The lowest BCUT2D eigenvalue weighted by molar-refractivity contribution is 0.321. The van der Waals surface area contributed by atoms with Crippen LogP contribution in [0, 0.1) is 11.3 Å². The summed E-state index contributed by atoms with van der Waals surface area (Å²) in [4.78, 5) is 0. The third-order valence-corrected chi connectivity index (χ3v) is 4.41. The van der Waals surface area contributed by atoms with Crippen LogP contribution in [0.2, 0.25) is 0 Å². The van der Waals surface area contributed by atoms with E-state index in [9.17, 15) is 0 Å². The molecule has 4 heteroatoms. The number of rotatable bonds is 8. The van der Waals surface area contributed by atoms with E-state index < -0.39 is 0 Å². The van der Waals surface area contributed by atoms with E-state index in [1.54, 1.807) is 0 Å². The van der Waals surface area contributed by atoms with Gasteiger partial charge in [-0.2, -0.15) is 5.10 Å². The van der Waals surface area contributed by atoms with E-state index in [1.165, 1.54) is 15.9 Å². The Bertz CT molecular complexity index is 422. The lowest BCUT2D eigenvalue weighted by Crippen LogP contribution is -2.33. The van der Waals surface area contributed by atoms with Gasteiger partial charge in [0.15, 0.2) is 0 Å². The van der Waals surface area contributed by atoms with Crippen molar-refractivity contribution in [1.29, 1.82) is 0 Å². The minimum Gasteiger partial charge on any atom is -0.316 e. The van der Waals surface area contributed by atoms with Gasteiger partial charge in [-0.25, -0.2) is 0 Å². The lowest BCUT2D eigenvalue weighted by atomic mass is 9.87. The molecular weight excluding hydrogens is 314 g/mol. The van der Waals surface area contributed by atoms with Crippen molar-refractivity contribution in [3.05, 3.63) is 15.9 Å². The Labute approximate surface area is 132 Å². The number of aromatic nitrogens is 2. The molecule has 0 unspecified atom stereocenters. The number of hydrogen-bond donors (Lipinski definition) is 1. The largest absolute Gasteiger partial charge is 0.316 e. The van der Waals surface area contributed by atoms with E-state index in [4.69, 9.17) is 0 Å². The first-order chi connectivity index (χ1) is 9.30. The second-order valence-corrected chi connectivity index (χ2v) is 7.54. The second-order valence-electron chi connectivity index (χ2n) is 6.74. The van der Waals surface area contributed by atoms with Gasteiger partial charge in [0.1, 0.15) is 0 Å². The molecule has 0 amide bonds. The van der Waals surface area contributed by atoms with E-state index in [2.05, 4.69) is 72.6 Å². The first-order valence-electron chi connectivity index (χ1n) is 7.75. The second kappa shape index (κ2) is 7.60. The van der Waals surface area contributed by atoms with Gasteiger partial charge in [-0.1, -0.05) is 34.6 Å². The molecule has 0 aliphatic heterocycles. The molecule has 0 atom stereocenters. The van der Waals surface area contributed by atoms with Crippen molar-refractivity contribution in [3.63, 3.8) is 0 Å². The molecule has 3 nitrogen and oxygen atoms in total. The predicted molar refractivity (Wildman–Crippen MR) is 90.2 cm³/mol. The van der Waals surface area contributed by atoms with Gasteiger partial charge in [0.2, 0.25) is 0 Å². The fourth-order valence-corrected chi connectivity index (χ4v) is 3.11. The van der Waals surface area contributed by atoms with E-state index >= 15 is 0 Å². The topological polar surface area (TPSA) is 29.9 Å². The average Bonchev–Trinajstić information content (AvgIpc) is 2.65. The Morgan fingerprint density at radius 3 is 2.45 bits per heavy atom. The smallest absolute Gasteiger partial charge is 0.0766 e. The van der Waals surface area contributed by atoms with Crippen molar-refractivity contribution in [1.82, 2.24) is 15.1 Å². The van der Waals surface area contributed by atoms with E-state index in [1.807, 2.05) is 0 Å². The van der Waals surface area contributed by atoms with Crippen molar-refractivity contribution in [3.8, 4) is 0 Å². The Kier molecular flexibility index (Phi) is 6.73. The number of halogens is 1. The van der Waals surface area contributed by atoms with Gasteiger partial charge >= 0.3 is 0 Å². The fourth-order valence-electron chi connectivity index (χ4n) is 2.40. The molecule has 1 aromatic heterocycles. The van der Waals surface area contributed by atoms with Crippen molar-refractivity contribution >= 4 is 15.9 Å². The Balaban J connectivity index is 2.77. The van der Waals surface area contributed by atoms with Crippen LogP contribution in [-0.4, -0.2) is 22.9 Å². The highest BCUT2D eigenvalue weighted by Crippen LogP contribution is 2.29. The third kappa shape index (κ3) is 4.88. The Hall–Kier alpha value is -0.350. The highest BCUT2D eigenvalue weighted by molar-refractivity contribution is 9.10. The van der Waals surface area contributed by atoms with Crippen LogP contribution in [0.3, 0.4) is 0 Å². The van der Waals surface area contributed by atoms with Crippen molar-refractivity contribution in [2.45, 2.75) is 60.9 Å². The summed E-state index contributed by atoms with van der Waals surface area (Å²) in [5, 5.41) is 8.27. The molecular formula is C16H30BrN3. The van der Waals surface area contributed by atoms with Gasteiger partial charge in [0.05, 0.1) is 15.9 Å². The molecule has 0 radical (unpaired) electrons. The quantitative estimate of drug-likeness (QED) is 0.771. The molecule has 0 saturated heterocycles. The van der Waals surface area contributed by atoms with Crippen molar-refractivity contribution < 1.29 is 0 Å². The predicted octanol–water partition coefficient (Wildman–Crippen LogP) is 4.04. The maximum absolute atomic E-state index is 4.69. The summed E-state index contributed by atoms with van der Waals surface area (Å²) in [6, 6.07) is 0. The molecule has 1 rings (SSSR count). The monoisotopic (exact) mass is 343 g/mol. The molecule has 0 aliphatic carbocycles. The standard InChI is InChI=1S/C16H30BrN3/c1-7-13-15(17)14(20(8-2)19-13)9-16(5,6)11-18-10-12(3)4/h12,18H,7-11H2,1-6H3. The summed E-state index contributed by atoms with van der Waals surface area (Å²) >= 11 is 3.74. The van der Waals surface area contributed by atoms with Crippen LogP contribution in [0.25, 0.3) is 0 Å². The molecule has 1 heterocycles. The van der Waals surface area contributed by atoms with Gasteiger partial charge in [-0.05, 0) is 53.6 Å². The molecule has 116 valence electrons. The SMILES string of the molecule is CCc1nn(CC)c(CC(C)(C)CNCC(C)C)c1Br. The van der Waals surface area contributed by atoms with Crippen LogP contribution in [0.5, 0.6) is 0 Å². The van der Waals surface area contributed by atoms with Gasteiger partial charge in [0.25, 0.3) is 0 Å². The van der Waals surface area contributed by atoms with Crippen LogP contribution in [0.15, 0.2) is 4.47 Å². The van der Waals surface area contributed by atoms with Crippen LogP contribution in [0.1, 0.15) is 52.9 Å². The molecule has 20 heavy (non-hydrogen) atoms. The molecule has 0 aliphatic rings. The van der Waals surface area contributed by atoms with Gasteiger partial charge in [-0.15, -0.1) is 0 Å². The molecule has 0 bridgehead atoms. The molecule has 0 aromatic carbocycles.